The summed E-state index contributed by atoms with van der Waals surface area (Å²) in [5.74, 6) is 0.335. The van der Waals surface area contributed by atoms with Crippen LogP contribution in [0.1, 0.15) is 40.0 Å². The van der Waals surface area contributed by atoms with Crippen LogP contribution in [-0.2, 0) is 19.1 Å². The van der Waals surface area contributed by atoms with Crippen molar-refractivity contribution < 1.29 is 19.1 Å². The Kier molecular flexibility index (Phi) is 6.67. The van der Waals surface area contributed by atoms with Crippen LogP contribution in [0.15, 0.2) is 11.8 Å². The second-order valence-electron chi connectivity index (χ2n) is 4.97. The van der Waals surface area contributed by atoms with E-state index in [1.807, 2.05) is 13.8 Å². The van der Waals surface area contributed by atoms with Crippen molar-refractivity contribution in [1.29, 1.82) is 0 Å². The molecule has 0 unspecified atom stereocenters. The van der Waals surface area contributed by atoms with Crippen molar-refractivity contribution in [2.45, 2.75) is 64.3 Å². The zero-order valence-corrected chi connectivity index (χ0v) is 12.3. The summed E-state index contributed by atoms with van der Waals surface area (Å²) in [5, 5.41) is 2.82. The first-order chi connectivity index (χ1) is 9.51. The van der Waals surface area contributed by atoms with E-state index in [2.05, 4.69) is 5.32 Å². The first-order valence-corrected chi connectivity index (χ1v) is 7.00. The van der Waals surface area contributed by atoms with Gasteiger partial charge in [0.15, 0.2) is 0 Å². The van der Waals surface area contributed by atoms with Crippen LogP contribution in [0.3, 0.4) is 0 Å². The molecule has 6 nitrogen and oxygen atoms in total. The van der Waals surface area contributed by atoms with Gasteiger partial charge in [-0.3, -0.25) is 9.59 Å². The molecule has 114 valence electrons. The average molecular weight is 284 g/mol. The summed E-state index contributed by atoms with van der Waals surface area (Å²) in [6, 6.07) is -0.755. The molecule has 0 aromatic carbocycles. The normalized spacial score (nSPS) is 26.1. The van der Waals surface area contributed by atoms with Gasteiger partial charge in [-0.1, -0.05) is 13.8 Å². The average Bonchev–Trinajstić information content (AvgIpc) is 2.39. The molecule has 0 fully saturated rings. The minimum Gasteiger partial charge on any atom is -0.433 e. The van der Waals surface area contributed by atoms with Crippen molar-refractivity contribution >= 4 is 12.4 Å². The van der Waals surface area contributed by atoms with Gasteiger partial charge in [-0.05, 0) is 18.9 Å². The van der Waals surface area contributed by atoms with Gasteiger partial charge in [0, 0.05) is 19.4 Å². The predicted molar refractivity (Wildman–Crippen MR) is 74.7 cm³/mol. The van der Waals surface area contributed by atoms with Crippen LogP contribution >= 0.6 is 0 Å². The van der Waals surface area contributed by atoms with Crippen molar-refractivity contribution in [2.75, 3.05) is 0 Å². The molecule has 0 radical (unpaired) electrons. The summed E-state index contributed by atoms with van der Waals surface area (Å²) in [5.41, 5.74) is 6.03. The van der Waals surface area contributed by atoms with E-state index in [0.717, 1.165) is 12.8 Å². The zero-order valence-electron chi connectivity index (χ0n) is 12.3. The van der Waals surface area contributed by atoms with Crippen molar-refractivity contribution in [3.05, 3.63) is 11.8 Å². The Hall–Kier alpha value is -1.40. The Labute approximate surface area is 119 Å². The van der Waals surface area contributed by atoms with E-state index in [1.165, 1.54) is 6.92 Å². The minimum absolute atomic E-state index is 0.0963. The van der Waals surface area contributed by atoms with Crippen LogP contribution in [0, 0.1) is 0 Å². The maximum Gasteiger partial charge on any atom is 0.298 e. The van der Waals surface area contributed by atoms with Gasteiger partial charge in [-0.25, -0.2) is 0 Å². The molecule has 0 aromatic rings. The first kappa shape index (κ1) is 16.7. The van der Waals surface area contributed by atoms with Gasteiger partial charge < -0.3 is 20.5 Å². The smallest absolute Gasteiger partial charge is 0.298 e. The van der Waals surface area contributed by atoms with Crippen LogP contribution in [0.25, 0.3) is 0 Å². The Morgan fingerprint density at radius 3 is 2.70 bits per heavy atom. The summed E-state index contributed by atoms with van der Waals surface area (Å²) >= 11 is 0. The minimum atomic E-state index is -0.443. The van der Waals surface area contributed by atoms with Crippen LogP contribution in [0.4, 0.5) is 0 Å². The number of carbonyl (C=O) groups is 2. The summed E-state index contributed by atoms with van der Waals surface area (Å²) in [6.45, 7) is 5.92. The Morgan fingerprint density at radius 1 is 1.55 bits per heavy atom. The summed E-state index contributed by atoms with van der Waals surface area (Å²) in [7, 11) is 0. The van der Waals surface area contributed by atoms with E-state index in [0.29, 0.717) is 18.7 Å². The molecule has 1 rings (SSSR count). The van der Waals surface area contributed by atoms with Crippen molar-refractivity contribution in [3.8, 4) is 0 Å². The van der Waals surface area contributed by atoms with Crippen LogP contribution < -0.4 is 11.1 Å². The number of nitrogens with one attached hydrogen (secondary N) is 1. The molecule has 3 N–H and O–H groups in total. The largest absolute Gasteiger partial charge is 0.433 e. The fraction of sp³-hybridized carbons (Fsp3) is 0.714. The van der Waals surface area contributed by atoms with Crippen LogP contribution in [0.5, 0.6) is 0 Å². The number of rotatable bonds is 7. The third-order valence-electron chi connectivity index (χ3n) is 3.44. The second-order valence-corrected chi connectivity index (χ2v) is 4.97. The molecule has 1 aliphatic carbocycles. The van der Waals surface area contributed by atoms with Gasteiger partial charge in [0.25, 0.3) is 6.47 Å². The topological polar surface area (TPSA) is 90.7 Å². The fourth-order valence-corrected chi connectivity index (χ4v) is 2.39. The summed E-state index contributed by atoms with van der Waals surface area (Å²) in [4.78, 5) is 21.8. The maximum absolute atomic E-state index is 11.3. The molecule has 0 aliphatic heterocycles. The number of ether oxygens (including phenoxy) is 2. The van der Waals surface area contributed by atoms with Gasteiger partial charge in [-0.15, -0.1) is 0 Å². The van der Waals surface area contributed by atoms with E-state index in [4.69, 9.17) is 15.2 Å². The van der Waals surface area contributed by atoms with Crippen molar-refractivity contribution in [1.82, 2.24) is 5.32 Å². The number of nitrogens with two attached hydrogens (primary N) is 1. The number of hydrogen-bond donors (Lipinski definition) is 2. The molecule has 0 aromatic heterocycles. The van der Waals surface area contributed by atoms with Gasteiger partial charge in [0.05, 0.1) is 18.2 Å². The molecular formula is C14H24N2O4. The van der Waals surface area contributed by atoms with Gasteiger partial charge in [-0.2, -0.15) is 0 Å². The molecular weight excluding hydrogens is 260 g/mol. The highest BCUT2D eigenvalue weighted by atomic mass is 16.5. The first-order valence-electron chi connectivity index (χ1n) is 7.00. The summed E-state index contributed by atoms with van der Waals surface area (Å²) < 4.78 is 10.9. The van der Waals surface area contributed by atoms with E-state index in [-0.39, 0.29) is 24.2 Å². The number of carbonyl (C=O) groups excluding carboxylic acids is 2. The summed E-state index contributed by atoms with van der Waals surface area (Å²) in [6.07, 6.45) is 3.64. The molecule has 20 heavy (non-hydrogen) atoms. The lowest BCUT2D eigenvalue weighted by molar-refractivity contribution is -0.128. The third kappa shape index (κ3) is 4.61. The van der Waals surface area contributed by atoms with E-state index < -0.39 is 6.04 Å². The zero-order chi connectivity index (χ0) is 15.1. The van der Waals surface area contributed by atoms with Gasteiger partial charge in [0.1, 0.15) is 5.76 Å². The maximum atomic E-state index is 11.3. The van der Waals surface area contributed by atoms with Crippen molar-refractivity contribution in [3.63, 3.8) is 0 Å². The Bertz CT molecular complexity index is 366. The molecule has 0 spiro atoms. The molecule has 1 aliphatic rings. The van der Waals surface area contributed by atoms with Crippen molar-refractivity contribution in [2.24, 2.45) is 5.73 Å². The molecule has 3 atom stereocenters. The lowest BCUT2D eigenvalue weighted by Crippen LogP contribution is -2.56. The third-order valence-corrected chi connectivity index (χ3v) is 3.44. The molecule has 0 heterocycles. The molecule has 0 saturated carbocycles. The lowest BCUT2D eigenvalue weighted by atomic mass is 9.92. The molecule has 1 amide bonds. The highest BCUT2D eigenvalue weighted by Gasteiger charge is 2.34. The quantitative estimate of drug-likeness (QED) is 0.676. The van der Waals surface area contributed by atoms with E-state index in [1.54, 1.807) is 6.08 Å². The SMILES string of the molecule is CCC(CC)O[C@@H]1CC(OC=O)=C[C@H](N)[C@H]1NC(C)=O. The van der Waals surface area contributed by atoms with Gasteiger partial charge >= 0.3 is 0 Å². The standard InChI is InChI=1S/C14H24N2O4/c1-4-10(5-2)20-13-7-11(19-8-17)6-12(15)14(13)16-9(3)18/h6,8,10,12-14H,4-5,7,15H2,1-3H3,(H,16,18)/t12-,13+,14+/m0/s1. The number of amides is 1. The van der Waals surface area contributed by atoms with E-state index in [9.17, 15) is 9.59 Å². The Morgan fingerprint density at radius 2 is 2.20 bits per heavy atom. The highest BCUT2D eigenvalue weighted by molar-refractivity contribution is 5.73. The Balaban J connectivity index is 2.85. The fourth-order valence-electron chi connectivity index (χ4n) is 2.39. The van der Waals surface area contributed by atoms with Crippen LogP contribution in [0.2, 0.25) is 0 Å². The monoisotopic (exact) mass is 284 g/mol. The van der Waals surface area contributed by atoms with E-state index >= 15 is 0 Å². The number of hydrogen-bond acceptors (Lipinski definition) is 5. The van der Waals surface area contributed by atoms with Crippen LogP contribution in [-0.4, -0.2) is 36.7 Å². The highest BCUT2D eigenvalue weighted by Crippen LogP contribution is 2.24. The predicted octanol–water partition coefficient (Wildman–Crippen LogP) is 0.853. The van der Waals surface area contributed by atoms with Gasteiger partial charge in [0.2, 0.25) is 5.91 Å². The molecule has 6 heteroatoms. The molecule has 0 saturated heterocycles. The lowest BCUT2D eigenvalue weighted by Gasteiger charge is -2.36. The molecule has 0 bridgehead atoms. The second kappa shape index (κ2) is 8.01.